The van der Waals surface area contributed by atoms with Crippen molar-refractivity contribution in [2.75, 3.05) is 12.3 Å². The minimum Gasteiger partial charge on any atom is -0.470 e. The summed E-state index contributed by atoms with van der Waals surface area (Å²) in [6.07, 6.45) is 2.68. The van der Waals surface area contributed by atoms with Crippen molar-refractivity contribution in [3.63, 3.8) is 0 Å². The summed E-state index contributed by atoms with van der Waals surface area (Å²) in [6.45, 7) is 2.87. The fraction of sp³-hybridized carbons (Fsp3) is 0.818. The molecule has 19 heavy (non-hydrogen) atoms. The molecule has 2 aliphatic rings. The first kappa shape index (κ1) is 13.3. The van der Waals surface area contributed by atoms with E-state index in [4.69, 9.17) is 4.74 Å². The molecule has 8 heteroatoms. The second-order valence-electron chi connectivity index (χ2n) is 5.20. The topological polar surface area (TPSA) is 81.2 Å². The minimum absolute atomic E-state index is 0.0159. The molecular formula is C11H17N3O3S2. The fourth-order valence-corrected chi connectivity index (χ4v) is 4.97. The number of nitrogens with zero attached hydrogens (tertiary/aromatic N) is 2. The molecule has 1 N–H and O–H groups in total. The number of piperidine rings is 1. The van der Waals surface area contributed by atoms with E-state index in [0.717, 1.165) is 31.1 Å². The van der Waals surface area contributed by atoms with Gasteiger partial charge in [-0.15, -0.1) is 4.37 Å². The molecule has 106 valence electrons. The Morgan fingerprint density at radius 1 is 1.42 bits per heavy atom. The predicted molar refractivity (Wildman–Crippen MR) is 71.2 cm³/mol. The number of ether oxygens (including phenoxy) is 1. The van der Waals surface area contributed by atoms with Crippen LogP contribution < -0.4 is 10.1 Å². The smallest absolute Gasteiger partial charge is 0.265 e. The third-order valence-corrected chi connectivity index (χ3v) is 6.16. The molecule has 0 radical (unpaired) electrons. The molecule has 3 atom stereocenters. The lowest BCUT2D eigenvalue weighted by molar-refractivity contribution is 0.149. The molecule has 2 heterocycles. The third kappa shape index (κ3) is 2.48. The molecule has 1 saturated heterocycles. The van der Waals surface area contributed by atoms with Gasteiger partial charge in [0, 0.05) is 6.04 Å². The van der Waals surface area contributed by atoms with Crippen LogP contribution in [0, 0.1) is 5.92 Å². The van der Waals surface area contributed by atoms with Crippen LogP contribution in [-0.4, -0.2) is 41.6 Å². The maximum atomic E-state index is 12.1. The monoisotopic (exact) mass is 303 g/mol. The average molecular weight is 303 g/mol. The SMILES string of the molecule is CCCS(=O)(=O)c1nsnc1OC1CC2CNC1C2. The van der Waals surface area contributed by atoms with Gasteiger partial charge in [0.15, 0.2) is 0 Å². The van der Waals surface area contributed by atoms with Gasteiger partial charge in [0.1, 0.15) is 6.10 Å². The van der Waals surface area contributed by atoms with E-state index < -0.39 is 9.84 Å². The standard InChI is InChI=1S/C11H17N3O3S2/c1-2-3-19(15,16)11-10(13-18-14-11)17-9-5-7-4-8(9)12-6-7/h7-9,12H,2-6H2,1H3. The Balaban J connectivity index is 1.77. The maximum Gasteiger partial charge on any atom is 0.265 e. The quantitative estimate of drug-likeness (QED) is 0.868. The molecular weight excluding hydrogens is 286 g/mol. The van der Waals surface area contributed by atoms with Gasteiger partial charge in [0.25, 0.3) is 5.88 Å². The van der Waals surface area contributed by atoms with Gasteiger partial charge in [-0.3, -0.25) is 0 Å². The van der Waals surface area contributed by atoms with Crippen molar-refractivity contribution in [2.45, 2.75) is 43.4 Å². The van der Waals surface area contributed by atoms with Gasteiger partial charge in [-0.2, -0.15) is 4.37 Å². The number of hydrogen-bond acceptors (Lipinski definition) is 7. The first-order valence-corrected chi connectivity index (χ1v) is 8.93. The second kappa shape index (κ2) is 4.99. The fourth-order valence-electron chi connectivity index (χ4n) is 2.87. The largest absolute Gasteiger partial charge is 0.470 e. The maximum absolute atomic E-state index is 12.1. The minimum atomic E-state index is -3.36. The number of sulfone groups is 1. The van der Waals surface area contributed by atoms with E-state index in [1.165, 1.54) is 0 Å². The van der Waals surface area contributed by atoms with Crippen LogP contribution in [0.15, 0.2) is 5.03 Å². The summed E-state index contributed by atoms with van der Waals surface area (Å²) >= 11 is 0.898. The van der Waals surface area contributed by atoms with Crippen molar-refractivity contribution in [3.8, 4) is 5.88 Å². The molecule has 1 aliphatic heterocycles. The highest BCUT2D eigenvalue weighted by Crippen LogP contribution is 2.35. The van der Waals surface area contributed by atoms with Crippen LogP contribution >= 0.6 is 11.7 Å². The highest BCUT2D eigenvalue weighted by atomic mass is 32.2. The van der Waals surface area contributed by atoms with Crippen molar-refractivity contribution in [1.82, 2.24) is 14.1 Å². The summed E-state index contributed by atoms with van der Waals surface area (Å²) < 4.78 is 37.8. The van der Waals surface area contributed by atoms with Crippen LogP contribution in [0.5, 0.6) is 5.88 Å². The number of fused-ring (bicyclic) bond motifs is 2. The Morgan fingerprint density at radius 2 is 2.26 bits per heavy atom. The third-order valence-electron chi connectivity index (χ3n) is 3.73. The molecule has 1 aromatic heterocycles. The zero-order chi connectivity index (χ0) is 13.5. The molecule has 3 unspecified atom stereocenters. The van der Waals surface area contributed by atoms with Crippen LogP contribution in [0.25, 0.3) is 0 Å². The van der Waals surface area contributed by atoms with E-state index in [-0.39, 0.29) is 22.8 Å². The first-order valence-electron chi connectivity index (χ1n) is 6.55. The summed E-state index contributed by atoms with van der Waals surface area (Å²) in [4.78, 5) is 0. The Bertz CT molecular complexity index is 557. The van der Waals surface area contributed by atoms with E-state index >= 15 is 0 Å². The van der Waals surface area contributed by atoms with Crippen LogP contribution in [0.4, 0.5) is 0 Å². The molecule has 1 aliphatic carbocycles. The molecule has 3 rings (SSSR count). The van der Waals surface area contributed by atoms with Gasteiger partial charge in [0.2, 0.25) is 14.9 Å². The van der Waals surface area contributed by atoms with Gasteiger partial charge in [-0.25, -0.2) is 8.42 Å². The van der Waals surface area contributed by atoms with Crippen molar-refractivity contribution in [3.05, 3.63) is 0 Å². The number of rotatable bonds is 5. The molecule has 2 fully saturated rings. The Morgan fingerprint density at radius 3 is 2.89 bits per heavy atom. The summed E-state index contributed by atoms with van der Waals surface area (Å²) in [5.41, 5.74) is 0. The Labute approximate surface area is 116 Å². The van der Waals surface area contributed by atoms with Crippen LogP contribution in [0.3, 0.4) is 0 Å². The normalized spacial score (nSPS) is 29.8. The predicted octanol–water partition coefficient (Wildman–Crippen LogP) is 0.851. The number of hydrogen-bond donors (Lipinski definition) is 1. The van der Waals surface area contributed by atoms with E-state index in [1.54, 1.807) is 0 Å². The molecule has 0 spiro atoms. The second-order valence-corrected chi connectivity index (χ2v) is 7.75. The summed E-state index contributed by atoms with van der Waals surface area (Å²) in [5.74, 6) is 0.930. The molecule has 0 amide bonds. The molecule has 1 aromatic rings. The lowest BCUT2D eigenvalue weighted by atomic mass is 10.1. The summed E-state index contributed by atoms with van der Waals surface area (Å²) in [5, 5.41) is 3.40. The first-order chi connectivity index (χ1) is 9.10. The van der Waals surface area contributed by atoms with Gasteiger partial charge < -0.3 is 10.1 Å². The highest BCUT2D eigenvalue weighted by Gasteiger charge is 2.42. The van der Waals surface area contributed by atoms with Gasteiger partial charge in [-0.1, -0.05) is 6.92 Å². The lowest BCUT2D eigenvalue weighted by Crippen LogP contribution is -2.40. The number of nitrogens with one attached hydrogen (secondary N) is 1. The highest BCUT2D eigenvalue weighted by molar-refractivity contribution is 7.91. The summed E-state index contributed by atoms with van der Waals surface area (Å²) in [6, 6.07) is 0.327. The van der Waals surface area contributed by atoms with Crippen LogP contribution in [0.1, 0.15) is 26.2 Å². The number of aromatic nitrogens is 2. The van der Waals surface area contributed by atoms with Crippen molar-refractivity contribution in [2.24, 2.45) is 5.92 Å². The van der Waals surface area contributed by atoms with Crippen molar-refractivity contribution in [1.29, 1.82) is 0 Å². The van der Waals surface area contributed by atoms with Gasteiger partial charge in [-0.05, 0) is 31.7 Å². The van der Waals surface area contributed by atoms with Crippen molar-refractivity contribution < 1.29 is 13.2 Å². The van der Waals surface area contributed by atoms with Crippen molar-refractivity contribution >= 4 is 21.6 Å². The van der Waals surface area contributed by atoms with Crippen LogP contribution in [0.2, 0.25) is 0 Å². The lowest BCUT2D eigenvalue weighted by Gasteiger charge is -2.23. The molecule has 6 nitrogen and oxygen atoms in total. The van der Waals surface area contributed by atoms with E-state index in [1.807, 2.05) is 6.92 Å². The molecule has 1 saturated carbocycles. The van der Waals surface area contributed by atoms with E-state index in [2.05, 4.69) is 14.1 Å². The zero-order valence-electron chi connectivity index (χ0n) is 10.7. The molecule has 2 bridgehead atoms. The Kier molecular flexibility index (Phi) is 3.48. The zero-order valence-corrected chi connectivity index (χ0v) is 12.3. The average Bonchev–Trinajstić information content (AvgIpc) is 3.03. The van der Waals surface area contributed by atoms with Gasteiger partial charge in [0.05, 0.1) is 17.5 Å². The van der Waals surface area contributed by atoms with Gasteiger partial charge >= 0.3 is 0 Å². The molecule has 0 aromatic carbocycles. The van der Waals surface area contributed by atoms with E-state index in [9.17, 15) is 8.42 Å². The van der Waals surface area contributed by atoms with E-state index in [0.29, 0.717) is 18.4 Å². The summed E-state index contributed by atoms with van der Waals surface area (Å²) in [7, 11) is -3.36. The Hall–Kier alpha value is -0.730. The van der Waals surface area contributed by atoms with Crippen LogP contribution in [-0.2, 0) is 9.84 Å².